The molecule has 0 aromatic heterocycles. The van der Waals surface area contributed by atoms with Crippen LogP contribution in [0.4, 0.5) is 18.0 Å². The van der Waals surface area contributed by atoms with Gasteiger partial charge in [0.1, 0.15) is 5.60 Å². The quantitative estimate of drug-likeness (QED) is 0.842. The number of nitrogens with one attached hydrogen (secondary N) is 2. The van der Waals surface area contributed by atoms with Gasteiger partial charge < -0.3 is 15.4 Å². The third-order valence-corrected chi connectivity index (χ3v) is 3.03. The fourth-order valence-electron chi connectivity index (χ4n) is 2.25. The van der Waals surface area contributed by atoms with Crippen molar-refractivity contribution in [3.05, 3.63) is 0 Å². The summed E-state index contributed by atoms with van der Waals surface area (Å²) in [5.74, 6) is 0. The SMILES string of the molecule is CC(C)(C)OC(=O)N[C@@H]1CCCC[C@@H]1NCC(F)(F)F. The Morgan fingerprint density at radius 2 is 1.70 bits per heavy atom. The van der Waals surface area contributed by atoms with E-state index in [4.69, 9.17) is 4.74 Å². The summed E-state index contributed by atoms with van der Waals surface area (Å²) in [4.78, 5) is 11.7. The molecule has 2 atom stereocenters. The highest BCUT2D eigenvalue weighted by Crippen LogP contribution is 2.21. The van der Waals surface area contributed by atoms with Crippen LogP contribution in [0.2, 0.25) is 0 Å². The van der Waals surface area contributed by atoms with Crippen LogP contribution in [0.3, 0.4) is 0 Å². The van der Waals surface area contributed by atoms with E-state index in [9.17, 15) is 18.0 Å². The Morgan fingerprint density at radius 1 is 1.15 bits per heavy atom. The molecule has 7 heteroatoms. The first-order chi connectivity index (χ1) is 9.07. The fourth-order valence-corrected chi connectivity index (χ4v) is 2.25. The third-order valence-electron chi connectivity index (χ3n) is 3.03. The van der Waals surface area contributed by atoms with E-state index in [0.717, 1.165) is 12.8 Å². The standard InChI is InChI=1S/C13H23F3N2O2/c1-12(2,3)20-11(19)18-10-7-5-4-6-9(10)17-8-13(14,15)16/h9-10,17H,4-8H2,1-3H3,(H,18,19)/t9-,10+/m0/s1. The van der Waals surface area contributed by atoms with Gasteiger partial charge in [-0.2, -0.15) is 13.2 Å². The molecule has 0 radical (unpaired) electrons. The summed E-state index contributed by atoms with van der Waals surface area (Å²) in [6, 6.07) is -0.682. The van der Waals surface area contributed by atoms with Gasteiger partial charge in [0.15, 0.2) is 0 Å². The zero-order valence-electron chi connectivity index (χ0n) is 12.1. The summed E-state index contributed by atoms with van der Waals surface area (Å²) in [5, 5.41) is 5.16. The molecule has 1 aliphatic carbocycles. The van der Waals surface area contributed by atoms with E-state index < -0.39 is 24.4 Å². The van der Waals surface area contributed by atoms with Crippen molar-refractivity contribution in [1.82, 2.24) is 10.6 Å². The minimum atomic E-state index is -4.24. The van der Waals surface area contributed by atoms with Gasteiger partial charge in [0, 0.05) is 12.1 Å². The average molecular weight is 296 g/mol. The number of hydrogen-bond acceptors (Lipinski definition) is 3. The number of carbonyl (C=O) groups excluding carboxylic acids is 1. The first kappa shape index (κ1) is 17.1. The van der Waals surface area contributed by atoms with Gasteiger partial charge in [-0.25, -0.2) is 4.79 Å². The fraction of sp³-hybridized carbons (Fsp3) is 0.923. The van der Waals surface area contributed by atoms with Crippen molar-refractivity contribution in [2.24, 2.45) is 0 Å². The van der Waals surface area contributed by atoms with Gasteiger partial charge in [0.25, 0.3) is 0 Å². The summed E-state index contributed by atoms with van der Waals surface area (Å²) >= 11 is 0. The summed E-state index contributed by atoms with van der Waals surface area (Å²) in [7, 11) is 0. The molecular weight excluding hydrogens is 273 g/mol. The highest BCUT2D eigenvalue weighted by molar-refractivity contribution is 5.68. The van der Waals surface area contributed by atoms with Gasteiger partial charge in [0.2, 0.25) is 0 Å². The predicted octanol–water partition coefficient (Wildman–Crippen LogP) is 2.97. The van der Waals surface area contributed by atoms with E-state index in [0.29, 0.717) is 12.8 Å². The number of halogens is 3. The molecule has 0 aromatic rings. The zero-order valence-corrected chi connectivity index (χ0v) is 12.1. The van der Waals surface area contributed by atoms with Crippen LogP contribution >= 0.6 is 0 Å². The van der Waals surface area contributed by atoms with Crippen LogP contribution in [-0.4, -0.2) is 36.5 Å². The predicted molar refractivity (Wildman–Crippen MR) is 69.5 cm³/mol. The van der Waals surface area contributed by atoms with Crippen LogP contribution in [0.1, 0.15) is 46.5 Å². The Balaban J connectivity index is 2.49. The molecule has 0 saturated heterocycles. The molecule has 0 spiro atoms. The smallest absolute Gasteiger partial charge is 0.407 e. The molecule has 1 rings (SSSR count). The number of hydrogen-bond donors (Lipinski definition) is 2. The van der Waals surface area contributed by atoms with E-state index in [2.05, 4.69) is 10.6 Å². The van der Waals surface area contributed by atoms with Crippen LogP contribution in [0.25, 0.3) is 0 Å². The van der Waals surface area contributed by atoms with Crippen molar-refractivity contribution in [2.45, 2.75) is 70.3 Å². The Hall–Kier alpha value is -0.980. The second kappa shape index (κ2) is 6.65. The zero-order chi connectivity index (χ0) is 15.4. The number of alkyl carbamates (subject to hydrolysis) is 1. The average Bonchev–Trinajstić information content (AvgIpc) is 2.24. The Bertz CT molecular complexity index is 327. The summed E-state index contributed by atoms with van der Waals surface area (Å²) in [6.45, 7) is 4.19. The first-order valence-corrected chi connectivity index (χ1v) is 6.86. The molecule has 1 saturated carbocycles. The van der Waals surface area contributed by atoms with Crippen LogP contribution in [0.15, 0.2) is 0 Å². The van der Waals surface area contributed by atoms with Crippen molar-refractivity contribution < 1.29 is 22.7 Å². The van der Waals surface area contributed by atoms with Gasteiger partial charge in [-0.1, -0.05) is 12.8 Å². The molecule has 20 heavy (non-hydrogen) atoms. The van der Waals surface area contributed by atoms with E-state index >= 15 is 0 Å². The summed E-state index contributed by atoms with van der Waals surface area (Å²) < 4.78 is 41.9. The molecule has 0 bridgehead atoms. The molecule has 0 aliphatic heterocycles. The van der Waals surface area contributed by atoms with Crippen molar-refractivity contribution in [3.8, 4) is 0 Å². The highest BCUT2D eigenvalue weighted by atomic mass is 19.4. The van der Waals surface area contributed by atoms with Gasteiger partial charge in [-0.05, 0) is 33.6 Å². The van der Waals surface area contributed by atoms with Crippen LogP contribution in [0.5, 0.6) is 0 Å². The van der Waals surface area contributed by atoms with Crippen molar-refractivity contribution in [2.75, 3.05) is 6.54 Å². The van der Waals surface area contributed by atoms with Crippen LogP contribution in [-0.2, 0) is 4.74 Å². The number of carbonyl (C=O) groups is 1. The van der Waals surface area contributed by atoms with Gasteiger partial charge in [-0.3, -0.25) is 0 Å². The van der Waals surface area contributed by atoms with Gasteiger partial charge in [-0.15, -0.1) is 0 Å². The van der Waals surface area contributed by atoms with Crippen LogP contribution < -0.4 is 10.6 Å². The molecule has 1 aliphatic rings. The summed E-state index contributed by atoms with van der Waals surface area (Å²) in [6.07, 6.45) is -1.78. The van der Waals surface area contributed by atoms with Crippen molar-refractivity contribution >= 4 is 6.09 Å². The molecule has 2 N–H and O–H groups in total. The minimum Gasteiger partial charge on any atom is -0.444 e. The van der Waals surface area contributed by atoms with E-state index in [1.54, 1.807) is 20.8 Å². The Labute approximate surface area is 117 Å². The number of rotatable bonds is 3. The number of amides is 1. The maximum atomic E-state index is 12.2. The van der Waals surface area contributed by atoms with Crippen molar-refractivity contribution in [3.63, 3.8) is 0 Å². The topological polar surface area (TPSA) is 50.4 Å². The molecule has 0 unspecified atom stereocenters. The van der Waals surface area contributed by atoms with E-state index in [1.807, 2.05) is 0 Å². The molecule has 118 valence electrons. The molecule has 0 heterocycles. The molecule has 0 aromatic carbocycles. The molecule has 4 nitrogen and oxygen atoms in total. The monoisotopic (exact) mass is 296 g/mol. The van der Waals surface area contributed by atoms with E-state index in [-0.39, 0.29) is 12.1 Å². The first-order valence-electron chi connectivity index (χ1n) is 6.86. The van der Waals surface area contributed by atoms with Crippen LogP contribution in [0, 0.1) is 0 Å². The van der Waals surface area contributed by atoms with Gasteiger partial charge >= 0.3 is 12.3 Å². The minimum absolute atomic E-state index is 0.319. The second-order valence-electron chi connectivity index (χ2n) is 6.14. The lowest BCUT2D eigenvalue weighted by molar-refractivity contribution is -0.127. The molecule has 1 amide bonds. The van der Waals surface area contributed by atoms with Crippen molar-refractivity contribution in [1.29, 1.82) is 0 Å². The Kier molecular flexibility index (Phi) is 5.68. The highest BCUT2D eigenvalue weighted by Gasteiger charge is 2.33. The van der Waals surface area contributed by atoms with E-state index in [1.165, 1.54) is 0 Å². The lowest BCUT2D eigenvalue weighted by atomic mass is 9.90. The lowest BCUT2D eigenvalue weighted by Crippen LogP contribution is -2.54. The molecule has 1 fully saturated rings. The maximum Gasteiger partial charge on any atom is 0.407 e. The van der Waals surface area contributed by atoms with Gasteiger partial charge in [0.05, 0.1) is 6.54 Å². The maximum absolute atomic E-state index is 12.2. The number of alkyl halides is 3. The largest absolute Gasteiger partial charge is 0.444 e. The molecular formula is C13H23F3N2O2. The normalized spacial score (nSPS) is 24.3. The summed E-state index contributed by atoms with van der Waals surface area (Å²) in [5.41, 5.74) is -0.617. The second-order valence-corrected chi connectivity index (χ2v) is 6.14. The number of ether oxygens (including phenoxy) is 1. The lowest BCUT2D eigenvalue weighted by Gasteiger charge is -2.33. The third kappa shape index (κ3) is 6.98. The Morgan fingerprint density at radius 3 is 2.20 bits per heavy atom.